The molecule has 0 saturated carbocycles. The minimum atomic E-state index is -4.66. The summed E-state index contributed by atoms with van der Waals surface area (Å²) in [5.41, 5.74) is 3.47. The van der Waals surface area contributed by atoms with E-state index in [1.54, 1.807) is 31.2 Å². The normalized spacial score (nSPS) is 11.0. The van der Waals surface area contributed by atoms with Crippen LogP contribution in [-0.2, 0) is 6.18 Å². The first-order valence-corrected chi connectivity index (χ1v) is 6.63. The van der Waals surface area contributed by atoms with Gasteiger partial charge in [0, 0.05) is 5.56 Å². The van der Waals surface area contributed by atoms with E-state index in [1.165, 1.54) is 12.1 Å². The van der Waals surface area contributed by atoms with E-state index in [0.29, 0.717) is 11.1 Å². The molecule has 0 heterocycles. The van der Waals surface area contributed by atoms with Crippen molar-refractivity contribution in [3.63, 3.8) is 0 Å². The van der Waals surface area contributed by atoms with Crippen LogP contribution in [-0.4, -0.2) is 11.8 Å². The van der Waals surface area contributed by atoms with Gasteiger partial charge in [0.05, 0.1) is 11.1 Å². The van der Waals surface area contributed by atoms with Crippen molar-refractivity contribution < 1.29 is 22.8 Å². The Balaban J connectivity index is 2.12. The molecule has 0 aliphatic rings. The topological polar surface area (TPSA) is 58.2 Å². The minimum absolute atomic E-state index is 0.317. The zero-order valence-corrected chi connectivity index (χ0v) is 12.1. The van der Waals surface area contributed by atoms with E-state index in [1.807, 2.05) is 5.43 Å². The van der Waals surface area contributed by atoms with Gasteiger partial charge >= 0.3 is 6.18 Å². The number of carbonyl (C=O) groups excluding carboxylic acids is 2. The number of hydrazine groups is 1. The second kappa shape index (κ2) is 6.51. The summed E-state index contributed by atoms with van der Waals surface area (Å²) in [6.07, 6.45) is -4.66. The fourth-order valence-electron chi connectivity index (χ4n) is 2.00. The molecule has 0 fully saturated rings. The van der Waals surface area contributed by atoms with Crippen molar-refractivity contribution in [2.24, 2.45) is 0 Å². The molecule has 0 aromatic heterocycles. The molecule has 0 atom stereocenters. The smallest absolute Gasteiger partial charge is 0.267 e. The molecule has 7 heteroatoms. The van der Waals surface area contributed by atoms with Gasteiger partial charge in [0.1, 0.15) is 0 Å². The number of carbonyl (C=O) groups is 2. The van der Waals surface area contributed by atoms with Gasteiger partial charge < -0.3 is 0 Å². The number of rotatable bonds is 2. The molecular weight excluding hydrogens is 309 g/mol. The summed E-state index contributed by atoms with van der Waals surface area (Å²) >= 11 is 0. The Kier molecular flexibility index (Phi) is 4.68. The molecule has 0 aliphatic carbocycles. The summed E-state index contributed by atoms with van der Waals surface area (Å²) in [5, 5.41) is 0. The van der Waals surface area contributed by atoms with Crippen molar-refractivity contribution in [1.82, 2.24) is 10.9 Å². The number of hydrogen-bond acceptors (Lipinski definition) is 2. The van der Waals surface area contributed by atoms with Gasteiger partial charge in [-0.25, -0.2) is 0 Å². The largest absolute Gasteiger partial charge is 0.417 e. The van der Waals surface area contributed by atoms with E-state index >= 15 is 0 Å². The Hall–Kier alpha value is -2.83. The van der Waals surface area contributed by atoms with Gasteiger partial charge in [-0.2, -0.15) is 13.2 Å². The van der Waals surface area contributed by atoms with E-state index in [9.17, 15) is 22.8 Å². The third-order valence-corrected chi connectivity index (χ3v) is 3.16. The van der Waals surface area contributed by atoms with Gasteiger partial charge in [-0.3, -0.25) is 20.4 Å². The highest BCUT2D eigenvalue weighted by atomic mass is 19.4. The molecular formula is C16H13F3N2O2. The maximum Gasteiger partial charge on any atom is 0.417 e. The molecule has 0 unspecified atom stereocenters. The predicted octanol–water partition coefficient (Wildman–Crippen LogP) is 3.09. The van der Waals surface area contributed by atoms with Crippen molar-refractivity contribution in [3.05, 3.63) is 70.8 Å². The lowest BCUT2D eigenvalue weighted by atomic mass is 10.1. The van der Waals surface area contributed by atoms with E-state index in [2.05, 4.69) is 5.43 Å². The van der Waals surface area contributed by atoms with Crippen LogP contribution in [0.2, 0.25) is 0 Å². The number of halogens is 3. The highest BCUT2D eigenvalue weighted by Crippen LogP contribution is 2.31. The summed E-state index contributed by atoms with van der Waals surface area (Å²) in [5.74, 6) is -1.65. The van der Waals surface area contributed by atoms with Crippen LogP contribution in [0.5, 0.6) is 0 Å². The van der Waals surface area contributed by atoms with Gasteiger partial charge in [0.25, 0.3) is 11.8 Å². The summed E-state index contributed by atoms with van der Waals surface area (Å²) in [7, 11) is 0. The molecule has 0 saturated heterocycles. The highest BCUT2D eigenvalue weighted by Gasteiger charge is 2.34. The molecule has 2 amide bonds. The standard InChI is InChI=1S/C16H13F3N2O2/c1-10-6-2-3-7-11(10)14(22)20-21-15(23)12-8-4-5-9-13(12)16(17,18)19/h2-9H,1H3,(H,20,22)(H,21,23). The van der Waals surface area contributed by atoms with Crippen LogP contribution in [0.15, 0.2) is 48.5 Å². The molecule has 0 bridgehead atoms. The van der Waals surface area contributed by atoms with Crippen LogP contribution >= 0.6 is 0 Å². The second-order valence-corrected chi connectivity index (χ2v) is 4.77. The number of amides is 2. The summed E-state index contributed by atoms with van der Waals surface area (Å²) in [6, 6.07) is 11.0. The number of hydrogen-bond donors (Lipinski definition) is 2. The lowest BCUT2D eigenvalue weighted by Crippen LogP contribution is -2.42. The van der Waals surface area contributed by atoms with E-state index in [4.69, 9.17) is 0 Å². The summed E-state index contributed by atoms with van der Waals surface area (Å²) < 4.78 is 38.6. The Morgan fingerprint density at radius 3 is 1.87 bits per heavy atom. The maximum atomic E-state index is 12.9. The number of benzene rings is 2. The van der Waals surface area contributed by atoms with Gasteiger partial charge in [-0.15, -0.1) is 0 Å². The first-order valence-electron chi connectivity index (χ1n) is 6.63. The molecule has 23 heavy (non-hydrogen) atoms. The zero-order valence-electron chi connectivity index (χ0n) is 12.1. The van der Waals surface area contributed by atoms with Crippen molar-refractivity contribution in [1.29, 1.82) is 0 Å². The molecule has 2 N–H and O–H groups in total. The SMILES string of the molecule is Cc1ccccc1C(=O)NNC(=O)c1ccccc1C(F)(F)F. The average Bonchev–Trinajstić information content (AvgIpc) is 2.52. The number of aryl methyl sites for hydroxylation is 1. The maximum absolute atomic E-state index is 12.9. The fraction of sp³-hybridized carbons (Fsp3) is 0.125. The number of nitrogens with one attached hydrogen (secondary N) is 2. The molecule has 4 nitrogen and oxygen atoms in total. The minimum Gasteiger partial charge on any atom is -0.267 e. The van der Waals surface area contributed by atoms with E-state index < -0.39 is 29.1 Å². The molecule has 0 aliphatic heterocycles. The van der Waals surface area contributed by atoms with E-state index in [-0.39, 0.29) is 0 Å². The Labute approximate surface area is 130 Å². The Morgan fingerprint density at radius 2 is 1.30 bits per heavy atom. The number of alkyl halides is 3. The average molecular weight is 322 g/mol. The van der Waals surface area contributed by atoms with Crippen LogP contribution < -0.4 is 10.9 Å². The fourth-order valence-corrected chi connectivity index (χ4v) is 2.00. The lowest BCUT2D eigenvalue weighted by molar-refractivity contribution is -0.137. The Bertz CT molecular complexity index is 742. The van der Waals surface area contributed by atoms with Crippen LogP contribution in [0, 0.1) is 6.92 Å². The summed E-state index contributed by atoms with van der Waals surface area (Å²) in [4.78, 5) is 23.8. The first-order chi connectivity index (χ1) is 10.8. The van der Waals surface area contributed by atoms with Gasteiger partial charge in [0.2, 0.25) is 0 Å². The van der Waals surface area contributed by atoms with Crippen molar-refractivity contribution in [3.8, 4) is 0 Å². The molecule has 2 rings (SSSR count). The quantitative estimate of drug-likeness (QED) is 0.835. The third-order valence-electron chi connectivity index (χ3n) is 3.16. The Morgan fingerprint density at radius 1 is 0.826 bits per heavy atom. The van der Waals surface area contributed by atoms with Crippen LogP contribution in [0.1, 0.15) is 31.8 Å². The molecule has 120 valence electrons. The van der Waals surface area contributed by atoms with Crippen molar-refractivity contribution in [2.45, 2.75) is 13.1 Å². The second-order valence-electron chi connectivity index (χ2n) is 4.77. The van der Waals surface area contributed by atoms with Crippen molar-refractivity contribution in [2.75, 3.05) is 0 Å². The van der Waals surface area contributed by atoms with Gasteiger partial charge in [0.15, 0.2) is 0 Å². The van der Waals surface area contributed by atoms with Gasteiger partial charge in [-0.05, 0) is 30.7 Å². The van der Waals surface area contributed by atoms with Crippen LogP contribution in [0.3, 0.4) is 0 Å². The monoisotopic (exact) mass is 322 g/mol. The molecule has 2 aromatic rings. The van der Waals surface area contributed by atoms with Crippen LogP contribution in [0.25, 0.3) is 0 Å². The lowest BCUT2D eigenvalue weighted by Gasteiger charge is -2.13. The molecule has 2 aromatic carbocycles. The third kappa shape index (κ3) is 3.88. The zero-order chi connectivity index (χ0) is 17.0. The molecule has 0 radical (unpaired) electrons. The molecule has 0 spiro atoms. The van der Waals surface area contributed by atoms with Crippen molar-refractivity contribution >= 4 is 11.8 Å². The van der Waals surface area contributed by atoms with E-state index in [0.717, 1.165) is 12.1 Å². The summed E-state index contributed by atoms with van der Waals surface area (Å²) in [6.45, 7) is 1.70. The highest BCUT2D eigenvalue weighted by molar-refractivity contribution is 6.00. The first kappa shape index (κ1) is 16.5. The predicted molar refractivity (Wildman–Crippen MR) is 77.6 cm³/mol. The van der Waals surface area contributed by atoms with Crippen LogP contribution in [0.4, 0.5) is 13.2 Å². The van der Waals surface area contributed by atoms with Gasteiger partial charge in [-0.1, -0.05) is 30.3 Å².